The lowest BCUT2D eigenvalue weighted by molar-refractivity contribution is 0.191. The van der Waals surface area contributed by atoms with Crippen molar-refractivity contribution in [3.63, 3.8) is 0 Å². The second kappa shape index (κ2) is 2.59. The summed E-state index contributed by atoms with van der Waals surface area (Å²) in [4.78, 5) is 3.72. The first kappa shape index (κ1) is 6.22. The molecular formula is C5H8N2O2. The van der Waals surface area contributed by atoms with E-state index >= 15 is 0 Å². The average Bonchev–Trinajstić information content (AvgIpc) is 2.15. The summed E-state index contributed by atoms with van der Waals surface area (Å²) in [5.74, 6) is 0.546. The van der Waals surface area contributed by atoms with Crippen LogP contribution in [0.25, 0.3) is 0 Å². The first-order valence-electron chi connectivity index (χ1n) is 2.72. The van der Waals surface area contributed by atoms with Crippen molar-refractivity contribution in [2.45, 2.75) is 19.4 Å². The lowest BCUT2D eigenvalue weighted by Crippen LogP contribution is -2.05. The van der Waals surface area contributed by atoms with Gasteiger partial charge in [-0.15, -0.1) is 0 Å². The van der Waals surface area contributed by atoms with Crippen molar-refractivity contribution in [3.8, 4) is 0 Å². The highest BCUT2D eigenvalue weighted by Gasteiger charge is 2.01. The smallest absolute Gasteiger partial charge is 0.213 e. The minimum atomic E-state index is -0.400. The van der Waals surface area contributed by atoms with Crippen LogP contribution in [0.4, 0.5) is 0 Å². The van der Waals surface area contributed by atoms with E-state index in [1.165, 1.54) is 6.39 Å². The summed E-state index contributed by atoms with van der Waals surface area (Å²) < 4.78 is 4.44. The topological polar surface area (TPSA) is 59.2 Å². The molecule has 0 bridgehead atoms. The van der Waals surface area contributed by atoms with Gasteiger partial charge in [-0.1, -0.05) is 5.16 Å². The molecule has 0 aliphatic heterocycles. The Hall–Kier alpha value is -0.900. The van der Waals surface area contributed by atoms with Crippen molar-refractivity contribution in [3.05, 3.63) is 12.2 Å². The Morgan fingerprint density at radius 2 is 2.67 bits per heavy atom. The zero-order valence-corrected chi connectivity index (χ0v) is 5.11. The van der Waals surface area contributed by atoms with Crippen molar-refractivity contribution in [2.24, 2.45) is 0 Å². The zero-order chi connectivity index (χ0) is 6.69. The molecule has 0 fully saturated rings. The number of aromatic nitrogens is 2. The summed E-state index contributed by atoms with van der Waals surface area (Å²) in [6, 6.07) is 0. The van der Waals surface area contributed by atoms with Crippen LogP contribution in [0.3, 0.4) is 0 Å². The highest BCUT2D eigenvalue weighted by molar-refractivity contribution is 4.79. The van der Waals surface area contributed by atoms with Crippen LogP contribution < -0.4 is 0 Å². The zero-order valence-electron chi connectivity index (χ0n) is 5.11. The molecule has 1 aromatic rings. The SMILES string of the molecule is CC(O)Cc1ncon1. The lowest BCUT2D eigenvalue weighted by Gasteiger charge is -1.95. The number of hydrogen-bond donors (Lipinski definition) is 1. The normalized spacial score (nSPS) is 13.6. The lowest BCUT2D eigenvalue weighted by atomic mass is 10.3. The Kier molecular flexibility index (Phi) is 1.79. The molecule has 1 heterocycles. The van der Waals surface area contributed by atoms with Crippen molar-refractivity contribution < 1.29 is 9.63 Å². The molecule has 0 aliphatic carbocycles. The van der Waals surface area contributed by atoms with Crippen molar-refractivity contribution in [1.29, 1.82) is 0 Å². The Morgan fingerprint density at radius 1 is 1.89 bits per heavy atom. The number of rotatable bonds is 2. The Labute approximate surface area is 52.5 Å². The predicted molar refractivity (Wildman–Crippen MR) is 29.7 cm³/mol. The van der Waals surface area contributed by atoms with Gasteiger partial charge in [-0.25, -0.2) is 0 Å². The summed E-state index contributed by atoms with van der Waals surface area (Å²) in [5, 5.41) is 12.3. The summed E-state index contributed by atoms with van der Waals surface area (Å²) in [5.41, 5.74) is 0. The highest BCUT2D eigenvalue weighted by Crippen LogP contribution is 1.93. The maximum absolute atomic E-state index is 8.80. The van der Waals surface area contributed by atoms with Crippen LogP contribution >= 0.6 is 0 Å². The number of aliphatic hydroxyl groups excluding tert-OH is 1. The van der Waals surface area contributed by atoms with Gasteiger partial charge in [0.05, 0.1) is 6.10 Å². The first-order chi connectivity index (χ1) is 4.29. The van der Waals surface area contributed by atoms with Crippen LogP contribution in [0.15, 0.2) is 10.9 Å². The van der Waals surface area contributed by atoms with Gasteiger partial charge in [0.25, 0.3) is 0 Å². The Balaban J connectivity index is 2.48. The van der Waals surface area contributed by atoms with Gasteiger partial charge in [0, 0.05) is 6.42 Å². The van der Waals surface area contributed by atoms with Crippen LogP contribution in [0.5, 0.6) is 0 Å². The molecule has 0 aliphatic rings. The fourth-order valence-electron chi connectivity index (χ4n) is 0.547. The largest absolute Gasteiger partial charge is 0.393 e. The number of aliphatic hydroxyl groups is 1. The number of nitrogens with zero attached hydrogens (tertiary/aromatic N) is 2. The molecule has 1 atom stereocenters. The second-order valence-electron chi connectivity index (χ2n) is 1.90. The molecule has 0 aromatic carbocycles. The fraction of sp³-hybridized carbons (Fsp3) is 0.600. The maximum atomic E-state index is 8.80. The number of hydrogen-bond acceptors (Lipinski definition) is 4. The van der Waals surface area contributed by atoms with E-state index in [1.54, 1.807) is 6.92 Å². The van der Waals surface area contributed by atoms with E-state index in [0.717, 1.165) is 0 Å². The molecule has 0 saturated carbocycles. The van der Waals surface area contributed by atoms with Gasteiger partial charge < -0.3 is 9.63 Å². The van der Waals surface area contributed by atoms with Crippen LogP contribution in [0.1, 0.15) is 12.7 Å². The molecular weight excluding hydrogens is 120 g/mol. The van der Waals surface area contributed by atoms with Gasteiger partial charge in [0.15, 0.2) is 5.82 Å². The van der Waals surface area contributed by atoms with Crippen molar-refractivity contribution in [1.82, 2.24) is 10.1 Å². The quantitative estimate of drug-likeness (QED) is 0.608. The van der Waals surface area contributed by atoms with E-state index < -0.39 is 6.10 Å². The average molecular weight is 128 g/mol. The van der Waals surface area contributed by atoms with Crippen molar-refractivity contribution in [2.75, 3.05) is 0 Å². The van der Waals surface area contributed by atoms with E-state index in [9.17, 15) is 0 Å². The fourth-order valence-corrected chi connectivity index (χ4v) is 0.547. The Bertz CT molecular complexity index is 159. The standard InChI is InChI=1S/C5H8N2O2/c1-4(8)2-5-6-3-9-7-5/h3-4,8H,2H2,1H3. The molecule has 4 heteroatoms. The highest BCUT2D eigenvalue weighted by atomic mass is 16.5. The summed E-state index contributed by atoms with van der Waals surface area (Å²) >= 11 is 0. The monoisotopic (exact) mass is 128 g/mol. The molecule has 0 spiro atoms. The van der Waals surface area contributed by atoms with Gasteiger partial charge in [0.2, 0.25) is 6.39 Å². The summed E-state index contributed by atoms with van der Waals surface area (Å²) in [6.45, 7) is 1.68. The minimum absolute atomic E-state index is 0.400. The van der Waals surface area contributed by atoms with Crippen LogP contribution in [0, 0.1) is 0 Å². The molecule has 1 N–H and O–H groups in total. The van der Waals surface area contributed by atoms with Gasteiger partial charge in [-0.2, -0.15) is 4.98 Å². The van der Waals surface area contributed by atoms with Crippen LogP contribution in [-0.4, -0.2) is 21.4 Å². The molecule has 0 radical (unpaired) electrons. The third-order valence-electron chi connectivity index (χ3n) is 0.885. The molecule has 1 aromatic heterocycles. The van der Waals surface area contributed by atoms with E-state index in [1.807, 2.05) is 0 Å². The van der Waals surface area contributed by atoms with Gasteiger partial charge in [-0.3, -0.25) is 0 Å². The summed E-state index contributed by atoms with van der Waals surface area (Å²) in [6.07, 6.45) is 1.30. The minimum Gasteiger partial charge on any atom is -0.393 e. The molecule has 9 heavy (non-hydrogen) atoms. The first-order valence-corrected chi connectivity index (χ1v) is 2.72. The third-order valence-corrected chi connectivity index (χ3v) is 0.885. The predicted octanol–water partition coefficient (Wildman–Crippen LogP) is -0.00710. The molecule has 0 saturated heterocycles. The van der Waals surface area contributed by atoms with Crippen LogP contribution in [-0.2, 0) is 6.42 Å². The van der Waals surface area contributed by atoms with Gasteiger partial charge >= 0.3 is 0 Å². The van der Waals surface area contributed by atoms with E-state index in [0.29, 0.717) is 12.2 Å². The molecule has 1 unspecified atom stereocenters. The van der Waals surface area contributed by atoms with E-state index in [2.05, 4.69) is 14.7 Å². The van der Waals surface area contributed by atoms with Crippen molar-refractivity contribution >= 4 is 0 Å². The van der Waals surface area contributed by atoms with Gasteiger partial charge in [0.1, 0.15) is 0 Å². The molecule has 1 rings (SSSR count). The maximum Gasteiger partial charge on any atom is 0.213 e. The second-order valence-corrected chi connectivity index (χ2v) is 1.90. The van der Waals surface area contributed by atoms with Crippen LogP contribution in [0.2, 0.25) is 0 Å². The summed E-state index contributed by atoms with van der Waals surface area (Å²) in [7, 11) is 0. The van der Waals surface area contributed by atoms with Gasteiger partial charge in [-0.05, 0) is 6.92 Å². The Morgan fingerprint density at radius 3 is 3.11 bits per heavy atom. The molecule has 4 nitrogen and oxygen atoms in total. The third kappa shape index (κ3) is 1.81. The van der Waals surface area contributed by atoms with E-state index in [4.69, 9.17) is 5.11 Å². The molecule has 0 amide bonds. The van der Waals surface area contributed by atoms with E-state index in [-0.39, 0.29) is 0 Å². The molecule has 50 valence electrons.